The van der Waals surface area contributed by atoms with E-state index in [1.54, 1.807) is 0 Å². The number of rotatable bonds is 1. The second-order valence-electron chi connectivity index (χ2n) is 3.16. The number of fused-ring (bicyclic) bond motifs is 1. The summed E-state index contributed by atoms with van der Waals surface area (Å²) in [5, 5.41) is 19.6. The first-order chi connectivity index (χ1) is 6.66. The zero-order valence-electron chi connectivity index (χ0n) is 7.34. The Labute approximate surface area is 80.1 Å². The number of nitrogens with zero attached hydrogens (tertiary/aromatic N) is 1. The zero-order valence-corrected chi connectivity index (χ0v) is 7.34. The Balaban J connectivity index is 2.36. The van der Waals surface area contributed by atoms with E-state index in [1.807, 2.05) is 0 Å². The minimum atomic E-state index is -0.788. The molecule has 14 heavy (non-hydrogen) atoms. The van der Waals surface area contributed by atoms with Gasteiger partial charge in [-0.3, -0.25) is 10.1 Å². The molecule has 1 aromatic carbocycles. The van der Waals surface area contributed by atoms with Crippen LogP contribution in [0.3, 0.4) is 0 Å². The lowest BCUT2D eigenvalue weighted by molar-refractivity contribution is -0.385. The van der Waals surface area contributed by atoms with Gasteiger partial charge >= 0.3 is 0 Å². The summed E-state index contributed by atoms with van der Waals surface area (Å²) in [6.07, 6.45) is 0.302. The van der Waals surface area contributed by atoms with Gasteiger partial charge in [0.15, 0.2) is 6.29 Å². The van der Waals surface area contributed by atoms with Crippen LogP contribution in [-0.4, -0.2) is 16.3 Å². The summed E-state index contributed by atoms with van der Waals surface area (Å²) in [6, 6.07) is 4.38. The summed E-state index contributed by atoms with van der Waals surface area (Å²) in [6.45, 7) is 0. The van der Waals surface area contributed by atoms with Crippen LogP contribution in [-0.2, 0) is 6.42 Å². The van der Waals surface area contributed by atoms with Gasteiger partial charge in [0.2, 0.25) is 0 Å². The van der Waals surface area contributed by atoms with E-state index in [2.05, 4.69) is 0 Å². The van der Waals surface area contributed by atoms with Gasteiger partial charge in [-0.15, -0.1) is 0 Å². The summed E-state index contributed by atoms with van der Waals surface area (Å²) < 4.78 is 5.10. The van der Waals surface area contributed by atoms with Crippen LogP contribution in [0.4, 0.5) is 5.69 Å². The number of aryl methyl sites for hydroxylation is 1. The molecule has 5 nitrogen and oxygen atoms in total. The molecule has 1 aliphatic rings. The Morgan fingerprint density at radius 3 is 3.07 bits per heavy atom. The largest absolute Gasteiger partial charge is 0.465 e. The highest BCUT2D eigenvalue weighted by atomic mass is 16.6. The molecule has 0 bridgehead atoms. The van der Waals surface area contributed by atoms with Crippen molar-refractivity contribution in [1.82, 2.24) is 0 Å². The SMILES string of the molecule is O=[N+]([O-])c1ccc2c(c1)CCC(O)O2. The number of non-ortho nitro benzene ring substituents is 1. The van der Waals surface area contributed by atoms with Crippen molar-refractivity contribution in [2.75, 3.05) is 0 Å². The molecule has 0 saturated heterocycles. The Kier molecular flexibility index (Phi) is 2.09. The second kappa shape index (κ2) is 3.26. The van der Waals surface area contributed by atoms with Gasteiger partial charge in [-0.1, -0.05) is 0 Å². The van der Waals surface area contributed by atoms with E-state index >= 15 is 0 Å². The van der Waals surface area contributed by atoms with Crippen LogP contribution in [0.15, 0.2) is 18.2 Å². The first kappa shape index (κ1) is 8.96. The number of hydrogen-bond acceptors (Lipinski definition) is 4. The monoisotopic (exact) mass is 195 g/mol. The van der Waals surface area contributed by atoms with E-state index in [-0.39, 0.29) is 5.69 Å². The maximum atomic E-state index is 10.5. The van der Waals surface area contributed by atoms with Crippen LogP contribution in [0.2, 0.25) is 0 Å². The van der Waals surface area contributed by atoms with Gasteiger partial charge in [-0.25, -0.2) is 0 Å². The van der Waals surface area contributed by atoms with Crippen LogP contribution >= 0.6 is 0 Å². The van der Waals surface area contributed by atoms with Crippen molar-refractivity contribution < 1.29 is 14.8 Å². The van der Waals surface area contributed by atoms with Crippen LogP contribution in [0.25, 0.3) is 0 Å². The number of ether oxygens (including phenoxy) is 1. The van der Waals surface area contributed by atoms with Gasteiger partial charge in [-0.05, 0) is 12.5 Å². The Morgan fingerprint density at radius 1 is 1.57 bits per heavy atom. The van der Waals surface area contributed by atoms with Crippen molar-refractivity contribution >= 4 is 5.69 Å². The van der Waals surface area contributed by atoms with Gasteiger partial charge in [-0.2, -0.15) is 0 Å². The van der Waals surface area contributed by atoms with Crippen LogP contribution < -0.4 is 4.74 Å². The Bertz CT molecular complexity index is 377. The number of benzene rings is 1. The molecule has 0 amide bonds. The maximum absolute atomic E-state index is 10.5. The highest BCUT2D eigenvalue weighted by molar-refractivity contribution is 5.44. The molecule has 0 aromatic heterocycles. The lowest BCUT2D eigenvalue weighted by Crippen LogP contribution is -2.21. The minimum absolute atomic E-state index is 0.0590. The van der Waals surface area contributed by atoms with Crippen molar-refractivity contribution in [3.63, 3.8) is 0 Å². The lowest BCUT2D eigenvalue weighted by atomic mass is 10.1. The number of hydrogen-bond donors (Lipinski definition) is 1. The predicted octanol–water partition coefficient (Wildman–Crippen LogP) is 1.24. The highest BCUT2D eigenvalue weighted by Crippen LogP contribution is 2.29. The summed E-state index contributed by atoms with van der Waals surface area (Å²) in [7, 11) is 0. The Morgan fingerprint density at radius 2 is 2.36 bits per heavy atom. The van der Waals surface area contributed by atoms with E-state index < -0.39 is 11.2 Å². The fourth-order valence-electron chi connectivity index (χ4n) is 1.47. The van der Waals surface area contributed by atoms with Crippen LogP contribution in [0, 0.1) is 10.1 Å². The van der Waals surface area contributed by atoms with Crippen LogP contribution in [0.1, 0.15) is 12.0 Å². The highest BCUT2D eigenvalue weighted by Gasteiger charge is 2.19. The molecule has 1 aliphatic heterocycles. The normalized spacial score (nSPS) is 19.6. The standard InChI is InChI=1S/C9H9NO4/c11-9-4-1-6-5-7(10(12)13)2-3-8(6)14-9/h2-3,5,9,11H,1,4H2. The molecule has 2 rings (SSSR count). The fourth-order valence-corrected chi connectivity index (χ4v) is 1.47. The predicted molar refractivity (Wildman–Crippen MR) is 48.1 cm³/mol. The molecule has 1 aromatic rings. The summed E-state index contributed by atoms with van der Waals surface area (Å²) >= 11 is 0. The average molecular weight is 195 g/mol. The average Bonchev–Trinajstić information content (AvgIpc) is 2.16. The third-order valence-corrected chi connectivity index (χ3v) is 2.18. The molecule has 0 spiro atoms. The minimum Gasteiger partial charge on any atom is -0.465 e. The van der Waals surface area contributed by atoms with Gasteiger partial charge in [0, 0.05) is 24.1 Å². The maximum Gasteiger partial charge on any atom is 0.269 e. The molecule has 1 heterocycles. The summed E-state index contributed by atoms with van der Waals surface area (Å²) in [5.74, 6) is 0.536. The van der Waals surface area contributed by atoms with Crippen molar-refractivity contribution in [2.24, 2.45) is 0 Å². The van der Waals surface area contributed by atoms with Crippen LogP contribution in [0.5, 0.6) is 5.75 Å². The summed E-state index contributed by atoms with van der Waals surface area (Å²) in [4.78, 5) is 10.0. The zero-order chi connectivity index (χ0) is 10.1. The topological polar surface area (TPSA) is 72.6 Å². The van der Waals surface area contributed by atoms with Crippen molar-refractivity contribution in [3.05, 3.63) is 33.9 Å². The first-order valence-electron chi connectivity index (χ1n) is 4.29. The molecular formula is C9H9NO4. The smallest absolute Gasteiger partial charge is 0.269 e. The number of aliphatic hydroxyl groups excluding tert-OH is 1. The molecule has 0 radical (unpaired) electrons. The number of nitro groups is 1. The molecule has 0 saturated carbocycles. The molecule has 0 aliphatic carbocycles. The quantitative estimate of drug-likeness (QED) is 0.540. The van der Waals surface area contributed by atoms with Crippen molar-refractivity contribution in [3.8, 4) is 5.75 Å². The second-order valence-corrected chi connectivity index (χ2v) is 3.16. The Hall–Kier alpha value is -1.62. The molecule has 74 valence electrons. The van der Waals surface area contributed by atoms with Gasteiger partial charge in [0.1, 0.15) is 5.75 Å². The summed E-state index contributed by atoms with van der Waals surface area (Å²) in [5.41, 5.74) is 0.841. The molecule has 1 unspecified atom stereocenters. The van der Waals surface area contributed by atoms with Crippen molar-refractivity contribution in [1.29, 1.82) is 0 Å². The van der Waals surface area contributed by atoms with Gasteiger partial charge in [0.25, 0.3) is 5.69 Å². The van der Waals surface area contributed by atoms with Crippen molar-refractivity contribution in [2.45, 2.75) is 19.1 Å². The molecule has 0 fully saturated rings. The van der Waals surface area contributed by atoms with E-state index in [0.717, 1.165) is 5.56 Å². The number of aliphatic hydroxyl groups is 1. The van der Waals surface area contributed by atoms with E-state index in [9.17, 15) is 15.2 Å². The first-order valence-corrected chi connectivity index (χ1v) is 4.29. The molecule has 1 N–H and O–H groups in total. The molecular weight excluding hydrogens is 186 g/mol. The molecule has 5 heteroatoms. The van der Waals surface area contributed by atoms with Gasteiger partial charge < -0.3 is 9.84 Å². The third-order valence-electron chi connectivity index (χ3n) is 2.18. The van der Waals surface area contributed by atoms with E-state index in [4.69, 9.17) is 4.74 Å². The number of nitro benzene ring substituents is 1. The lowest BCUT2D eigenvalue weighted by Gasteiger charge is -2.21. The fraction of sp³-hybridized carbons (Fsp3) is 0.333. The molecule has 1 atom stereocenters. The van der Waals surface area contributed by atoms with E-state index in [0.29, 0.717) is 18.6 Å². The third kappa shape index (κ3) is 1.54. The van der Waals surface area contributed by atoms with Gasteiger partial charge in [0.05, 0.1) is 4.92 Å². The van der Waals surface area contributed by atoms with E-state index in [1.165, 1.54) is 18.2 Å².